The molecule has 1 amide bonds. The number of carbonyl (C=O) groups is 1. The van der Waals surface area contributed by atoms with Crippen molar-refractivity contribution in [3.8, 4) is 5.88 Å². The first-order valence-electron chi connectivity index (χ1n) is 6.47. The van der Waals surface area contributed by atoms with E-state index in [4.69, 9.17) is 4.74 Å². The number of amides is 1. The summed E-state index contributed by atoms with van der Waals surface area (Å²) in [6.45, 7) is 8.75. The van der Waals surface area contributed by atoms with Crippen LogP contribution in [0.1, 0.15) is 26.3 Å². The van der Waals surface area contributed by atoms with Crippen LogP contribution in [-0.4, -0.2) is 47.0 Å². The fraction of sp³-hybridized carbons (Fsp3) is 0.615. The maximum atomic E-state index is 12.0. The molecule has 0 aliphatic carbocycles. The Hall–Kier alpha value is -1.85. The molecule has 0 bridgehead atoms. The van der Waals surface area contributed by atoms with Gasteiger partial charge in [-0.1, -0.05) is 0 Å². The summed E-state index contributed by atoms with van der Waals surface area (Å²) >= 11 is 0. The Balaban J connectivity index is 2.82. The lowest BCUT2D eigenvalue weighted by Gasteiger charge is -2.21. The van der Waals surface area contributed by atoms with Gasteiger partial charge in [0, 0.05) is 13.6 Å². The predicted molar refractivity (Wildman–Crippen MR) is 74.3 cm³/mol. The number of hydrogen-bond acceptors (Lipinski definition) is 5. The number of rotatable bonds is 6. The summed E-state index contributed by atoms with van der Waals surface area (Å²) in [5, 5.41) is 3.10. The average molecular weight is 266 g/mol. The molecular formula is C13H22N4O2. The number of carbonyl (C=O) groups excluding carboxylic acids is 1. The molecule has 1 heterocycles. The maximum absolute atomic E-state index is 12.0. The van der Waals surface area contributed by atoms with Crippen molar-refractivity contribution in [2.45, 2.75) is 33.7 Å². The van der Waals surface area contributed by atoms with Crippen LogP contribution in [0.5, 0.6) is 5.88 Å². The molecule has 0 saturated heterocycles. The van der Waals surface area contributed by atoms with E-state index in [0.717, 1.165) is 5.56 Å². The zero-order chi connectivity index (χ0) is 14.4. The lowest BCUT2D eigenvalue weighted by atomic mass is 10.2. The van der Waals surface area contributed by atoms with E-state index in [1.807, 2.05) is 27.7 Å². The van der Waals surface area contributed by atoms with Gasteiger partial charge in [0.2, 0.25) is 11.8 Å². The molecule has 0 radical (unpaired) electrons. The van der Waals surface area contributed by atoms with Gasteiger partial charge in [-0.25, -0.2) is 9.97 Å². The largest absolute Gasteiger partial charge is 0.478 e. The zero-order valence-electron chi connectivity index (χ0n) is 12.2. The van der Waals surface area contributed by atoms with Crippen LogP contribution >= 0.6 is 0 Å². The Kier molecular flexibility index (Phi) is 5.54. The zero-order valence-corrected chi connectivity index (χ0v) is 12.2. The Morgan fingerprint density at radius 3 is 2.74 bits per heavy atom. The van der Waals surface area contributed by atoms with Gasteiger partial charge >= 0.3 is 0 Å². The van der Waals surface area contributed by atoms with Crippen molar-refractivity contribution >= 4 is 11.7 Å². The van der Waals surface area contributed by atoms with E-state index in [2.05, 4.69) is 15.3 Å². The average Bonchev–Trinajstić information content (AvgIpc) is 2.41. The van der Waals surface area contributed by atoms with Gasteiger partial charge in [-0.3, -0.25) is 4.79 Å². The molecule has 6 nitrogen and oxygen atoms in total. The summed E-state index contributed by atoms with van der Waals surface area (Å²) in [4.78, 5) is 21.9. The minimum atomic E-state index is -0.340. The summed E-state index contributed by atoms with van der Waals surface area (Å²) < 4.78 is 5.40. The molecule has 0 aromatic carbocycles. The standard InChI is InChI=1S/C13H22N4O2/c1-6-17(5)13(18)10(4)16-11-9(3)12(19-7-2)15-8-14-11/h8,10H,6-7H2,1-5H3,(H,14,15,16). The lowest BCUT2D eigenvalue weighted by molar-refractivity contribution is -0.130. The van der Waals surface area contributed by atoms with Gasteiger partial charge in [0.05, 0.1) is 12.2 Å². The van der Waals surface area contributed by atoms with E-state index >= 15 is 0 Å². The maximum Gasteiger partial charge on any atom is 0.244 e. The topological polar surface area (TPSA) is 67.4 Å². The number of anilines is 1. The summed E-state index contributed by atoms with van der Waals surface area (Å²) in [7, 11) is 1.78. The van der Waals surface area contributed by atoms with Gasteiger partial charge in [-0.15, -0.1) is 0 Å². The molecule has 1 rings (SSSR count). The van der Waals surface area contributed by atoms with E-state index in [-0.39, 0.29) is 11.9 Å². The van der Waals surface area contributed by atoms with E-state index in [1.165, 1.54) is 6.33 Å². The van der Waals surface area contributed by atoms with Gasteiger partial charge in [0.25, 0.3) is 0 Å². The van der Waals surface area contributed by atoms with Crippen molar-refractivity contribution < 1.29 is 9.53 Å². The highest BCUT2D eigenvalue weighted by molar-refractivity contribution is 5.84. The molecule has 0 spiro atoms. The first kappa shape index (κ1) is 15.2. The molecule has 106 valence electrons. The molecule has 1 aromatic rings. The van der Waals surface area contributed by atoms with Crippen LogP contribution in [0.15, 0.2) is 6.33 Å². The number of nitrogens with zero attached hydrogens (tertiary/aromatic N) is 3. The molecule has 0 aliphatic heterocycles. The van der Waals surface area contributed by atoms with Gasteiger partial charge in [0.15, 0.2) is 0 Å². The van der Waals surface area contributed by atoms with Crippen molar-refractivity contribution in [2.24, 2.45) is 0 Å². The second kappa shape index (κ2) is 6.92. The van der Waals surface area contributed by atoms with Crippen LogP contribution in [0.2, 0.25) is 0 Å². The first-order valence-corrected chi connectivity index (χ1v) is 6.47. The molecule has 0 aliphatic rings. The predicted octanol–water partition coefficient (Wildman–Crippen LogP) is 1.46. The third kappa shape index (κ3) is 3.81. The van der Waals surface area contributed by atoms with E-state index in [1.54, 1.807) is 11.9 Å². The number of hydrogen-bond donors (Lipinski definition) is 1. The fourth-order valence-electron chi connectivity index (χ4n) is 1.61. The second-order valence-electron chi connectivity index (χ2n) is 4.30. The highest BCUT2D eigenvalue weighted by Gasteiger charge is 2.18. The quantitative estimate of drug-likeness (QED) is 0.844. The lowest BCUT2D eigenvalue weighted by Crippen LogP contribution is -2.39. The summed E-state index contributed by atoms with van der Waals surface area (Å²) in [5.41, 5.74) is 0.808. The SMILES string of the molecule is CCOc1ncnc(NC(C)C(=O)N(C)CC)c1C. The summed E-state index contributed by atoms with van der Waals surface area (Å²) in [5.74, 6) is 1.20. The molecule has 1 aromatic heterocycles. The highest BCUT2D eigenvalue weighted by Crippen LogP contribution is 2.20. The van der Waals surface area contributed by atoms with Crippen LogP contribution in [-0.2, 0) is 4.79 Å². The van der Waals surface area contributed by atoms with Crippen molar-refractivity contribution in [3.63, 3.8) is 0 Å². The second-order valence-corrected chi connectivity index (χ2v) is 4.30. The third-order valence-electron chi connectivity index (χ3n) is 2.89. The fourth-order valence-corrected chi connectivity index (χ4v) is 1.61. The molecule has 19 heavy (non-hydrogen) atoms. The number of nitrogens with one attached hydrogen (secondary N) is 1. The molecule has 0 saturated carbocycles. The van der Waals surface area contributed by atoms with Crippen molar-refractivity contribution in [2.75, 3.05) is 25.5 Å². The van der Waals surface area contributed by atoms with E-state index in [0.29, 0.717) is 24.8 Å². The molecular weight excluding hydrogens is 244 g/mol. The highest BCUT2D eigenvalue weighted by atomic mass is 16.5. The van der Waals surface area contributed by atoms with Gasteiger partial charge in [0.1, 0.15) is 18.2 Å². The Morgan fingerprint density at radius 1 is 1.47 bits per heavy atom. The summed E-state index contributed by atoms with van der Waals surface area (Å²) in [6.07, 6.45) is 1.43. The van der Waals surface area contributed by atoms with Crippen molar-refractivity contribution in [1.29, 1.82) is 0 Å². The van der Waals surface area contributed by atoms with Crippen LogP contribution in [0.25, 0.3) is 0 Å². The number of aromatic nitrogens is 2. The first-order chi connectivity index (χ1) is 9.01. The van der Waals surface area contributed by atoms with Crippen molar-refractivity contribution in [1.82, 2.24) is 14.9 Å². The molecule has 1 atom stereocenters. The molecule has 6 heteroatoms. The minimum Gasteiger partial charge on any atom is -0.478 e. The Bertz CT molecular complexity index is 437. The van der Waals surface area contributed by atoms with Crippen LogP contribution in [0.3, 0.4) is 0 Å². The molecule has 1 N–H and O–H groups in total. The number of likely N-dealkylation sites (N-methyl/N-ethyl adjacent to an activating group) is 1. The molecule has 1 unspecified atom stereocenters. The normalized spacial score (nSPS) is 11.8. The van der Waals surface area contributed by atoms with Crippen molar-refractivity contribution in [3.05, 3.63) is 11.9 Å². The monoisotopic (exact) mass is 266 g/mol. The Labute approximate surface area is 114 Å². The Morgan fingerprint density at radius 2 is 2.16 bits per heavy atom. The third-order valence-corrected chi connectivity index (χ3v) is 2.89. The van der Waals surface area contributed by atoms with Crippen LogP contribution < -0.4 is 10.1 Å². The van der Waals surface area contributed by atoms with Gasteiger partial charge < -0.3 is 15.0 Å². The van der Waals surface area contributed by atoms with Gasteiger partial charge in [-0.05, 0) is 27.7 Å². The molecule has 0 fully saturated rings. The number of ether oxygens (including phenoxy) is 1. The minimum absolute atomic E-state index is 0.0264. The van der Waals surface area contributed by atoms with Crippen LogP contribution in [0, 0.1) is 6.92 Å². The van der Waals surface area contributed by atoms with E-state index < -0.39 is 0 Å². The summed E-state index contributed by atoms with van der Waals surface area (Å²) in [6, 6.07) is -0.340. The van der Waals surface area contributed by atoms with E-state index in [9.17, 15) is 4.79 Å². The smallest absolute Gasteiger partial charge is 0.244 e. The van der Waals surface area contributed by atoms with Gasteiger partial charge in [-0.2, -0.15) is 0 Å². The van der Waals surface area contributed by atoms with Crippen LogP contribution in [0.4, 0.5) is 5.82 Å².